The highest BCUT2D eigenvalue weighted by Crippen LogP contribution is 2.38. The topological polar surface area (TPSA) is 34.2 Å². The zero-order valence-corrected chi connectivity index (χ0v) is 11.2. The third-order valence-electron chi connectivity index (χ3n) is 3.80. The van der Waals surface area contributed by atoms with Crippen LogP contribution >= 0.6 is 0 Å². The lowest BCUT2D eigenvalue weighted by Gasteiger charge is -2.21. The first-order valence-electron chi connectivity index (χ1n) is 6.62. The molecule has 0 saturated carbocycles. The summed E-state index contributed by atoms with van der Waals surface area (Å²) in [5, 5.41) is 3.97. The van der Waals surface area contributed by atoms with E-state index in [0.29, 0.717) is 11.3 Å². The normalized spacial score (nSPS) is 14.3. The maximum Gasteiger partial charge on any atom is 0.149 e. The van der Waals surface area contributed by atoms with Crippen molar-refractivity contribution in [3.8, 4) is 5.75 Å². The minimum Gasteiger partial charge on any atom is -0.496 e. The van der Waals surface area contributed by atoms with Gasteiger partial charge in [0.25, 0.3) is 0 Å². The molecule has 3 nitrogen and oxygen atoms in total. The highest BCUT2D eigenvalue weighted by atomic mass is 19.1. The number of aryl methyl sites for hydroxylation is 1. The lowest BCUT2D eigenvalue weighted by molar-refractivity contribution is 0.419. The van der Waals surface area contributed by atoms with E-state index in [1.165, 1.54) is 11.6 Å². The number of benzene rings is 1. The lowest BCUT2D eigenvalue weighted by Crippen LogP contribution is -2.10. The minimum absolute atomic E-state index is 0.291. The van der Waals surface area contributed by atoms with Crippen LogP contribution in [0.5, 0.6) is 5.75 Å². The Kier molecular flexibility index (Phi) is 3.01. The van der Waals surface area contributed by atoms with Crippen LogP contribution in [0.4, 0.5) is 10.1 Å². The maximum atomic E-state index is 14.0. The van der Waals surface area contributed by atoms with Crippen LogP contribution in [0.25, 0.3) is 10.9 Å². The van der Waals surface area contributed by atoms with Gasteiger partial charge >= 0.3 is 0 Å². The molecule has 0 spiro atoms. The summed E-state index contributed by atoms with van der Waals surface area (Å²) in [7, 11) is 3.47. The quantitative estimate of drug-likeness (QED) is 0.899. The number of aromatic nitrogens is 1. The fraction of sp³-hybridized carbons (Fsp3) is 0.400. The molecule has 0 aliphatic heterocycles. The SMILES string of the molecule is CNc1c2c(nc3c(F)ccc(OC)c13)CCCC2. The lowest BCUT2D eigenvalue weighted by atomic mass is 9.92. The summed E-state index contributed by atoms with van der Waals surface area (Å²) in [6.07, 6.45) is 4.21. The van der Waals surface area contributed by atoms with Gasteiger partial charge in [-0.15, -0.1) is 0 Å². The van der Waals surface area contributed by atoms with E-state index in [1.54, 1.807) is 13.2 Å². The molecule has 1 aromatic heterocycles. The number of rotatable bonds is 2. The summed E-state index contributed by atoms with van der Waals surface area (Å²) in [4.78, 5) is 4.54. The molecular formula is C15H17FN2O. The Balaban J connectivity index is 2.42. The Labute approximate surface area is 111 Å². The molecule has 0 atom stereocenters. The molecule has 0 amide bonds. The first-order chi connectivity index (χ1) is 9.26. The molecular weight excluding hydrogens is 243 g/mol. The number of pyridine rings is 1. The van der Waals surface area contributed by atoms with E-state index < -0.39 is 0 Å². The van der Waals surface area contributed by atoms with Gasteiger partial charge < -0.3 is 10.1 Å². The smallest absolute Gasteiger partial charge is 0.149 e. The zero-order valence-electron chi connectivity index (χ0n) is 11.2. The van der Waals surface area contributed by atoms with Crippen molar-refractivity contribution < 1.29 is 9.13 Å². The van der Waals surface area contributed by atoms with E-state index in [9.17, 15) is 4.39 Å². The van der Waals surface area contributed by atoms with E-state index in [0.717, 1.165) is 42.5 Å². The number of nitrogens with one attached hydrogen (secondary N) is 1. The van der Waals surface area contributed by atoms with E-state index in [-0.39, 0.29) is 5.82 Å². The number of anilines is 1. The molecule has 19 heavy (non-hydrogen) atoms. The molecule has 0 bridgehead atoms. The fourth-order valence-electron chi connectivity index (χ4n) is 2.91. The molecule has 4 heteroatoms. The van der Waals surface area contributed by atoms with Crippen LogP contribution in [0, 0.1) is 5.82 Å². The Hall–Kier alpha value is -1.84. The van der Waals surface area contributed by atoms with Gasteiger partial charge in [0.05, 0.1) is 18.2 Å². The maximum absolute atomic E-state index is 14.0. The Bertz CT molecular complexity index is 640. The highest BCUT2D eigenvalue weighted by molar-refractivity contribution is 5.98. The largest absolute Gasteiger partial charge is 0.496 e. The summed E-state index contributed by atoms with van der Waals surface area (Å²) in [6, 6.07) is 3.08. The number of ether oxygens (including phenoxy) is 1. The number of hydrogen-bond acceptors (Lipinski definition) is 3. The third-order valence-corrected chi connectivity index (χ3v) is 3.80. The van der Waals surface area contributed by atoms with Crippen molar-refractivity contribution in [3.63, 3.8) is 0 Å². The molecule has 1 aliphatic rings. The van der Waals surface area contributed by atoms with Crippen LogP contribution in [0.1, 0.15) is 24.1 Å². The summed E-state index contributed by atoms with van der Waals surface area (Å²) in [5.74, 6) is 0.377. The van der Waals surface area contributed by atoms with Crippen molar-refractivity contribution in [3.05, 3.63) is 29.2 Å². The standard InChI is InChI=1S/C15H17FN2O/c1-17-14-9-5-3-4-6-11(9)18-15-10(16)7-8-12(19-2)13(14)15/h7-8H,3-6H2,1-2H3,(H,17,18). The van der Waals surface area contributed by atoms with Crippen LogP contribution in [0.3, 0.4) is 0 Å². The second kappa shape index (κ2) is 4.68. The highest BCUT2D eigenvalue weighted by Gasteiger charge is 2.21. The minimum atomic E-state index is -0.291. The average Bonchev–Trinajstić information content (AvgIpc) is 2.46. The van der Waals surface area contributed by atoms with Crippen molar-refractivity contribution in [2.24, 2.45) is 0 Å². The fourth-order valence-corrected chi connectivity index (χ4v) is 2.91. The van der Waals surface area contributed by atoms with Crippen LogP contribution in [-0.4, -0.2) is 19.1 Å². The van der Waals surface area contributed by atoms with Crippen molar-refractivity contribution in [1.29, 1.82) is 0 Å². The van der Waals surface area contributed by atoms with Crippen LogP contribution in [0.15, 0.2) is 12.1 Å². The van der Waals surface area contributed by atoms with Gasteiger partial charge in [-0.3, -0.25) is 0 Å². The first-order valence-corrected chi connectivity index (χ1v) is 6.62. The number of halogens is 1. The van der Waals surface area contributed by atoms with Gasteiger partial charge in [-0.25, -0.2) is 9.37 Å². The summed E-state index contributed by atoms with van der Waals surface area (Å²) in [5.41, 5.74) is 3.61. The van der Waals surface area contributed by atoms with Gasteiger partial charge in [0.1, 0.15) is 17.1 Å². The number of hydrogen-bond donors (Lipinski definition) is 1. The van der Waals surface area contributed by atoms with Crippen molar-refractivity contribution in [1.82, 2.24) is 4.98 Å². The molecule has 2 aromatic rings. The molecule has 0 saturated heterocycles. The van der Waals surface area contributed by atoms with Crippen molar-refractivity contribution in [2.45, 2.75) is 25.7 Å². The Morgan fingerprint density at radius 3 is 2.79 bits per heavy atom. The number of nitrogens with zero attached hydrogens (tertiary/aromatic N) is 1. The molecule has 1 aliphatic carbocycles. The summed E-state index contributed by atoms with van der Waals surface area (Å²) >= 11 is 0. The summed E-state index contributed by atoms with van der Waals surface area (Å²) < 4.78 is 19.4. The van der Waals surface area contributed by atoms with Gasteiger partial charge in [-0.1, -0.05) is 0 Å². The predicted molar refractivity (Wildman–Crippen MR) is 74.4 cm³/mol. The van der Waals surface area contributed by atoms with Gasteiger partial charge in [-0.05, 0) is 43.4 Å². The van der Waals surface area contributed by atoms with Gasteiger partial charge in [0, 0.05) is 12.7 Å². The van der Waals surface area contributed by atoms with E-state index in [4.69, 9.17) is 4.74 Å². The molecule has 100 valence electrons. The number of fused-ring (bicyclic) bond motifs is 2. The molecule has 0 unspecified atom stereocenters. The predicted octanol–water partition coefficient (Wildman–Crippen LogP) is 3.30. The van der Waals surface area contributed by atoms with Gasteiger partial charge in [0.15, 0.2) is 0 Å². The van der Waals surface area contributed by atoms with Crippen molar-refractivity contribution in [2.75, 3.05) is 19.5 Å². The van der Waals surface area contributed by atoms with Gasteiger partial charge in [-0.2, -0.15) is 0 Å². The Morgan fingerprint density at radius 2 is 2.05 bits per heavy atom. The monoisotopic (exact) mass is 260 g/mol. The van der Waals surface area contributed by atoms with Crippen molar-refractivity contribution >= 4 is 16.6 Å². The zero-order chi connectivity index (χ0) is 13.4. The molecule has 1 heterocycles. The van der Waals surface area contributed by atoms with Crippen LogP contribution in [0.2, 0.25) is 0 Å². The second-order valence-corrected chi connectivity index (χ2v) is 4.84. The van der Waals surface area contributed by atoms with Gasteiger partial charge in [0.2, 0.25) is 0 Å². The molecule has 1 aromatic carbocycles. The van der Waals surface area contributed by atoms with E-state index in [2.05, 4.69) is 10.3 Å². The molecule has 1 N–H and O–H groups in total. The Morgan fingerprint density at radius 1 is 1.26 bits per heavy atom. The van der Waals surface area contributed by atoms with Crippen LogP contribution < -0.4 is 10.1 Å². The molecule has 0 radical (unpaired) electrons. The summed E-state index contributed by atoms with van der Waals surface area (Å²) in [6.45, 7) is 0. The second-order valence-electron chi connectivity index (χ2n) is 4.84. The molecule has 3 rings (SSSR count). The number of methoxy groups -OCH3 is 1. The van der Waals surface area contributed by atoms with E-state index >= 15 is 0 Å². The molecule has 0 fully saturated rings. The van der Waals surface area contributed by atoms with Crippen LogP contribution in [-0.2, 0) is 12.8 Å². The first kappa shape index (κ1) is 12.2. The third kappa shape index (κ3) is 1.82. The average molecular weight is 260 g/mol. The van der Waals surface area contributed by atoms with E-state index in [1.807, 2.05) is 7.05 Å².